The van der Waals surface area contributed by atoms with E-state index in [4.69, 9.17) is 4.74 Å². The van der Waals surface area contributed by atoms with Crippen molar-refractivity contribution < 1.29 is 9.84 Å². The summed E-state index contributed by atoms with van der Waals surface area (Å²) in [5.41, 5.74) is 1.26. The van der Waals surface area contributed by atoms with Gasteiger partial charge in [0.25, 0.3) is 0 Å². The number of aliphatic hydroxyl groups excluding tert-OH is 1. The first-order valence-electron chi connectivity index (χ1n) is 10.0. The number of benzene rings is 3. The fraction of sp³-hybridized carbons (Fsp3) is 0.417. The van der Waals surface area contributed by atoms with E-state index in [-0.39, 0.29) is 6.61 Å². The Hall–Kier alpha value is -2.06. The van der Waals surface area contributed by atoms with Crippen LogP contribution in [0.3, 0.4) is 0 Å². The molecule has 1 N–H and O–H groups in total. The Bertz CT molecular complexity index is 838. The van der Waals surface area contributed by atoms with Crippen molar-refractivity contribution in [2.75, 3.05) is 13.2 Å². The second kappa shape index (κ2) is 9.59. The molecule has 2 nitrogen and oxygen atoms in total. The minimum atomic E-state index is 0.0421. The second-order valence-electron chi connectivity index (χ2n) is 7.06. The Morgan fingerprint density at radius 3 is 2.31 bits per heavy atom. The van der Waals surface area contributed by atoms with Crippen molar-refractivity contribution in [1.29, 1.82) is 0 Å². The monoisotopic (exact) mass is 350 g/mol. The number of ether oxygens (including phenoxy) is 1. The molecule has 3 rings (SSSR count). The highest BCUT2D eigenvalue weighted by Crippen LogP contribution is 2.34. The van der Waals surface area contributed by atoms with Gasteiger partial charge in [-0.05, 0) is 46.7 Å². The number of hydrogen-bond acceptors (Lipinski definition) is 2. The van der Waals surface area contributed by atoms with E-state index in [1.807, 2.05) is 0 Å². The molecule has 26 heavy (non-hydrogen) atoms. The highest BCUT2D eigenvalue weighted by atomic mass is 16.5. The van der Waals surface area contributed by atoms with E-state index < -0.39 is 0 Å². The van der Waals surface area contributed by atoms with Gasteiger partial charge in [-0.2, -0.15) is 0 Å². The van der Waals surface area contributed by atoms with Crippen LogP contribution in [0.4, 0.5) is 0 Å². The molecule has 0 atom stereocenters. The average Bonchev–Trinajstić information content (AvgIpc) is 2.68. The van der Waals surface area contributed by atoms with Crippen LogP contribution in [0.25, 0.3) is 21.5 Å². The maximum Gasteiger partial charge on any atom is 0.130 e. The lowest BCUT2D eigenvalue weighted by molar-refractivity contribution is 0.201. The van der Waals surface area contributed by atoms with Crippen LogP contribution in [-0.4, -0.2) is 18.3 Å². The van der Waals surface area contributed by atoms with Crippen LogP contribution in [0.15, 0.2) is 48.5 Å². The molecule has 0 unspecified atom stereocenters. The van der Waals surface area contributed by atoms with Gasteiger partial charge in [0.05, 0.1) is 6.61 Å². The lowest BCUT2D eigenvalue weighted by atomic mass is 9.97. The molecule has 0 aliphatic rings. The zero-order valence-corrected chi connectivity index (χ0v) is 15.8. The van der Waals surface area contributed by atoms with Crippen LogP contribution in [0.1, 0.15) is 51.0 Å². The number of hydrogen-bond donors (Lipinski definition) is 1. The summed E-state index contributed by atoms with van der Waals surface area (Å²) in [5, 5.41) is 14.1. The minimum absolute atomic E-state index is 0.0421. The van der Waals surface area contributed by atoms with Gasteiger partial charge in [-0.25, -0.2) is 0 Å². The third kappa shape index (κ3) is 4.56. The highest BCUT2D eigenvalue weighted by molar-refractivity contribution is 6.01. The number of fused-ring (bicyclic) bond motifs is 2. The van der Waals surface area contributed by atoms with Crippen molar-refractivity contribution in [3.05, 3.63) is 54.1 Å². The molecule has 0 aliphatic heterocycles. The average molecular weight is 351 g/mol. The lowest BCUT2D eigenvalue weighted by Gasteiger charge is -2.15. The maximum atomic E-state index is 9.23. The molecule has 0 amide bonds. The highest BCUT2D eigenvalue weighted by Gasteiger charge is 2.10. The molecule has 0 fully saturated rings. The minimum Gasteiger partial charge on any atom is -0.490 e. The van der Waals surface area contributed by atoms with Gasteiger partial charge in [0.2, 0.25) is 0 Å². The Morgan fingerprint density at radius 2 is 1.54 bits per heavy atom. The Kier molecular flexibility index (Phi) is 6.90. The molecule has 0 aliphatic carbocycles. The zero-order valence-electron chi connectivity index (χ0n) is 15.8. The van der Waals surface area contributed by atoms with Gasteiger partial charge in [0.15, 0.2) is 0 Å². The van der Waals surface area contributed by atoms with E-state index in [2.05, 4.69) is 55.5 Å². The normalized spacial score (nSPS) is 11.3. The number of rotatable bonds is 10. The van der Waals surface area contributed by atoms with E-state index in [0.717, 1.165) is 17.6 Å². The quantitative estimate of drug-likeness (QED) is 0.345. The van der Waals surface area contributed by atoms with Gasteiger partial charge < -0.3 is 9.84 Å². The van der Waals surface area contributed by atoms with Gasteiger partial charge in [0.1, 0.15) is 12.4 Å². The van der Waals surface area contributed by atoms with Gasteiger partial charge in [-0.15, -0.1) is 0 Å². The second-order valence-corrected chi connectivity index (χ2v) is 7.06. The molecular formula is C24H30O2. The number of aliphatic hydroxyl groups is 1. The summed E-state index contributed by atoms with van der Waals surface area (Å²) in [7, 11) is 0. The predicted molar refractivity (Wildman–Crippen MR) is 111 cm³/mol. The summed E-state index contributed by atoms with van der Waals surface area (Å²) >= 11 is 0. The smallest absolute Gasteiger partial charge is 0.130 e. The standard InChI is InChI=1S/C24H30O2/c1-2-3-4-5-6-7-10-19-13-14-22-17-20-11-8-9-12-21(20)18-23(22)24(19)26-16-15-25/h8-9,11-14,17-18,25H,2-7,10,15-16H2,1H3. The van der Waals surface area contributed by atoms with Crippen LogP contribution in [0, 0.1) is 0 Å². The predicted octanol–water partition coefficient (Wildman–Crippen LogP) is 6.27. The van der Waals surface area contributed by atoms with Crippen molar-refractivity contribution in [2.45, 2.75) is 51.9 Å². The van der Waals surface area contributed by atoms with Crippen molar-refractivity contribution >= 4 is 21.5 Å². The van der Waals surface area contributed by atoms with Crippen molar-refractivity contribution in [3.63, 3.8) is 0 Å². The van der Waals surface area contributed by atoms with Crippen molar-refractivity contribution in [2.24, 2.45) is 0 Å². The van der Waals surface area contributed by atoms with Crippen LogP contribution < -0.4 is 4.74 Å². The Morgan fingerprint density at radius 1 is 0.808 bits per heavy atom. The first-order chi connectivity index (χ1) is 12.8. The molecule has 3 aromatic rings. The summed E-state index contributed by atoms with van der Waals surface area (Å²) in [6.07, 6.45) is 8.79. The van der Waals surface area contributed by atoms with Gasteiger partial charge in [-0.3, -0.25) is 0 Å². The third-order valence-electron chi connectivity index (χ3n) is 5.06. The molecule has 0 heterocycles. The summed E-state index contributed by atoms with van der Waals surface area (Å²) in [6.45, 7) is 2.64. The number of aryl methyl sites for hydroxylation is 1. The van der Waals surface area contributed by atoms with Gasteiger partial charge >= 0.3 is 0 Å². The van der Waals surface area contributed by atoms with Gasteiger partial charge in [-0.1, -0.05) is 75.4 Å². The van der Waals surface area contributed by atoms with E-state index in [1.165, 1.54) is 60.2 Å². The summed E-state index contributed by atoms with van der Waals surface area (Å²) in [6, 6.07) is 17.3. The molecule has 0 radical (unpaired) electrons. The molecule has 0 bridgehead atoms. The number of unbranched alkanes of at least 4 members (excludes halogenated alkanes) is 5. The molecule has 0 spiro atoms. The topological polar surface area (TPSA) is 29.5 Å². The van der Waals surface area contributed by atoms with Crippen molar-refractivity contribution in [3.8, 4) is 5.75 Å². The SMILES string of the molecule is CCCCCCCCc1ccc2cc3ccccc3cc2c1OCCO. The van der Waals surface area contributed by atoms with Gasteiger partial charge in [0, 0.05) is 5.39 Å². The van der Waals surface area contributed by atoms with E-state index in [9.17, 15) is 5.11 Å². The molecule has 2 heteroatoms. The first kappa shape index (κ1) is 18.7. The van der Waals surface area contributed by atoms with E-state index >= 15 is 0 Å². The lowest BCUT2D eigenvalue weighted by Crippen LogP contribution is -2.04. The molecule has 0 aromatic heterocycles. The van der Waals surface area contributed by atoms with Crippen LogP contribution in [-0.2, 0) is 6.42 Å². The molecule has 0 saturated heterocycles. The summed E-state index contributed by atoms with van der Waals surface area (Å²) in [5.74, 6) is 0.955. The van der Waals surface area contributed by atoms with E-state index in [0.29, 0.717) is 6.61 Å². The van der Waals surface area contributed by atoms with Crippen LogP contribution in [0.5, 0.6) is 5.75 Å². The summed E-state index contributed by atoms with van der Waals surface area (Å²) in [4.78, 5) is 0. The third-order valence-corrected chi connectivity index (χ3v) is 5.06. The van der Waals surface area contributed by atoms with Crippen molar-refractivity contribution in [1.82, 2.24) is 0 Å². The zero-order chi connectivity index (χ0) is 18.2. The molecule has 0 saturated carbocycles. The Balaban J connectivity index is 1.85. The fourth-order valence-corrected chi connectivity index (χ4v) is 3.64. The molecular weight excluding hydrogens is 320 g/mol. The Labute approximate surface area is 156 Å². The molecule has 138 valence electrons. The van der Waals surface area contributed by atoms with E-state index in [1.54, 1.807) is 0 Å². The summed E-state index contributed by atoms with van der Waals surface area (Å²) < 4.78 is 5.99. The first-order valence-corrected chi connectivity index (χ1v) is 10.0. The largest absolute Gasteiger partial charge is 0.490 e. The fourth-order valence-electron chi connectivity index (χ4n) is 3.64. The van der Waals surface area contributed by atoms with Crippen LogP contribution in [0.2, 0.25) is 0 Å². The maximum absolute atomic E-state index is 9.23. The van der Waals surface area contributed by atoms with Crippen LogP contribution >= 0.6 is 0 Å². The molecule has 3 aromatic carbocycles.